The summed E-state index contributed by atoms with van der Waals surface area (Å²) in [7, 11) is 0. The fourth-order valence-electron chi connectivity index (χ4n) is 2.76. The molecule has 0 unspecified atom stereocenters. The van der Waals surface area contributed by atoms with E-state index in [2.05, 4.69) is 41.6 Å². The van der Waals surface area contributed by atoms with Crippen LogP contribution < -0.4 is 10.6 Å². The molecule has 0 aliphatic heterocycles. The highest BCUT2D eigenvalue weighted by atomic mass is 32.1. The van der Waals surface area contributed by atoms with Crippen molar-refractivity contribution < 1.29 is 9.21 Å². The molecule has 1 aromatic heterocycles. The number of carbonyl (C=O) groups excluding carboxylic acids is 1. The van der Waals surface area contributed by atoms with Gasteiger partial charge in [0.2, 0.25) is 11.8 Å². The largest absolute Gasteiger partial charge is 0.436 e. The van der Waals surface area contributed by atoms with Crippen LogP contribution in [0.15, 0.2) is 46.9 Å². The van der Waals surface area contributed by atoms with Gasteiger partial charge in [0.15, 0.2) is 10.7 Å². The highest BCUT2D eigenvalue weighted by molar-refractivity contribution is 7.80. The zero-order chi connectivity index (χ0) is 21.2. The van der Waals surface area contributed by atoms with Gasteiger partial charge in [0.1, 0.15) is 5.52 Å². The van der Waals surface area contributed by atoms with E-state index in [1.165, 1.54) is 5.56 Å². The van der Waals surface area contributed by atoms with Crippen LogP contribution in [-0.4, -0.2) is 16.0 Å². The van der Waals surface area contributed by atoms with Crippen molar-refractivity contribution in [3.05, 3.63) is 48.0 Å². The second-order valence-corrected chi connectivity index (χ2v) is 8.70. The van der Waals surface area contributed by atoms with Gasteiger partial charge < -0.3 is 15.1 Å². The Balaban J connectivity index is 1.73. The number of nitrogens with zero attached hydrogens (tertiary/aromatic N) is 1. The fourth-order valence-corrected chi connectivity index (χ4v) is 2.97. The van der Waals surface area contributed by atoms with Gasteiger partial charge in [0.25, 0.3) is 0 Å². The van der Waals surface area contributed by atoms with Crippen LogP contribution in [0.1, 0.15) is 52.5 Å². The molecular formula is C23H27N3O2S. The van der Waals surface area contributed by atoms with Crippen LogP contribution in [0.3, 0.4) is 0 Å². The van der Waals surface area contributed by atoms with Crippen molar-refractivity contribution in [3.63, 3.8) is 0 Å². The Kier molecular flexibility index (Phi) is 6.03. The molecule has 6 heteroatoms. The molecular weight excluding hydrogens is 382 g/mol. The lowest BCUT2D eigenvalue weighted by Crippen LogP contribution is -2.41. The predicted octanol–water partition coefficient (Wildman–Crippen LogP) is 5.87. The number of carbonyl (C=O) groups is 1. The number of thiocarbonyl (C=S) groups is 1. The van der Waals surface area contributed by atoms with E-state index in [9.17, 15) is 4.79 Å². The van der Waals surface area contributed by atoms with E-state index in [4.69, 9.17) is 16.6 Å². The van der Waals surface area contributed by atoms with E-state index in [0.717, 1.165) is 28.8 Å². The highest BCUT2D eigenvalue weighted by Crippen LogP contribution is 2.28. The molecule has 152 valence electrons. The van der Waals surface area contributed by atoms with Crippen LogP contribution in [0.4, 0.5) is 5.69 Å². The maximum atomic E-state index is 12.0. The van der Waals surface area contributed by atoms with Gasteiger partial charge in [-0.25, -0.2) is 4.98 Å². The molecule has 2 N–H and O–H groups in total. The number of benzene rings is 2. The zero-order valence-electron chi connectivity index (χ0n) is 17.5. The Bertz CT molecular complexity index is 1030. The molecule has 0 aliphatic carbocycles. The normalized spacial score (nSPS) is 12.6. The summed E-state index contributed by atoms with van der Waals surface area (Å²) >= 11 is 5.22. The van der Waals surface area contributed by atoms with E-state index < -0.39 is 5.41 Å². The van der Waals surface area contributed by atoms with Gasteiger partial charge in [-0.1, -0.05) is 40.7 Å². The van der Waals surface area contributed by atoms with Gasteiger partial charge in [-0.15, -0.1) is 0 Å². The lowest BCUT2D eigenvalue weighted by Gasteiger charge is -2.18. The summed E-state index contributed by atoms with van der Waals surface area (Å²) in [5, 5.41) is 6.00. The van der Waals surface area contributed by atoms with E-state index in [1.54, 1.807) is 0 Å². The molecule has 5 nitrogen and oxygen atoms in total. The molecule has 2 aromatic carbocycles. The molecule has 0 saturated heterocycles. The fraction of sp³-hybridized carbons (Fsp3) is 0.348. The van der Waals surface area contributed by atoms with Crippen LogP contribution in [0.2, 0.25) is 0 Å². The topological polar surface area (TPSA) is 67.2 Å². The number of anilines is 1. The number of oxazole rings is 1. The number of hydrogen-bond donors (Lipinski definition) is 2. The summed E-state index contributed by atoms with van der Waals surface area (Å²) < 4.78 is 5.92. The first-order chi connectivity index (χ1) is 13.7. The van der Waals surface area contributed by atoms with Crippen LogP contribution in [-0.2, 0) is 4.79 Å². The van der Waals surface area contributed by atoms with Crippen molar-refractivity contribution >= 4 is 40.0 Å². The number of rotatable bonds is 4. The van der Waals surface area contributed by atoms with Crippen molar-refractivity contribution in [2.45, 2.75) is 47.0 Å². The molecule has 0 radical (unpaired) electrons. The Morgan fingerprint density at radius 3 is 2.48 bits per heavy atom. The molecule has 0 spiro atoms. The average molecular weight is 410 g/mol. The summed E-state index contributed by atoms with van der Waals surface area (Å²) in [5.41, 5.74) is 4.07. The Labute approximate surface area is 176 Å². The molecule has 1 amide bonds. The number of amides is 1. The van der Waals surface area contributed by atoms with Crippen LogP contribution in [0.25, 0.3) is 22.6 Å². The van der Waals surface area contributed by atoms with E-state index in [1.807, 2.05) is 51.1 Å². The molecule has 3 rings (SSSR count). The number of aromatic nitrogens is 1. The van der Waals surface area contributed by atoms with Crippen LogP contribution >= 0.6 is 12.2 Å². The quantitative estimate of drug-likeness (QED) is 0.528. The summed E-state index contributed by atoms with van der Waals surface area (Å²) in [6.07, 6.45) is 1.09. The maximum Gasteiger partial charge on any atom is 0.231 e. The first kappa shape index (κ1) is 21.0. The van der Waals surface area contributed by atoms with Gasteiger partial charge in [0, 0.05) is 16.7 Å². The SMILES string of the molecule is CC[C@H](C)c1ccc2oc(-c3ccc(NC(=S)NC(=O)C(C)(C)C)cc3)nc2c1. The molecule has 0 fully saturated rings. The minimum atomic E-state index is -0.503. The molecule has 0 aliphatic rings. The van der Waals surface area contributed by atoms with Gasteiger partial charge in [0.05, 0.1) is 0 Å². The second kappa shape index (κ2) is 8.33. The average Bonchev–Trinajstić information content (AvgIpc) is 3.10. The third-order valence-electron chi connectivity index (χ3n) is 4.89. The molecule has 1 atom stereocenters. The highest BCUT2D eigenvalue weighted by Gasteiger charge is 2.22. The van der Waals surface area contributed by atoms with Crippen LogP contribution in [0.5, 0.6) is 0 Å². The van der Waals surface area contributed by atoms with Gasteiger partial charge in [-0.2, -0.15) is 0 Å². The van der Waals surface area contributed by atoms with Crippen molar-refractivity contribution in [2.24, 2.45) is 5.41 Å². The smallest absolute Gasteiger partial charge is 0.231 e. The Hall–Kier alpha value is -2.73. The Morgan fingerprint density at radius 1 is 1.17 bits per heavy atom. The number of fused-ring (bicyclic) bond motifs is 1. The van der Waals surface area contributed by atoms with Crippen LogP contribution in [0, 0.1) is 5.41 Å². The monoisotopic (exact) mass is 409 g/mol. The minimum Gasteiger partial charge on any atom is -0.436 e. The summed E-state index contributed by atoms with van der Waals surface area (Å²) in [5.74, 6) is 0.943. The number of nitrogens with one attached hydrogen (secondary N) is 2. The third kappa shape index (κ3) is 5.01. The molecule has 3 aromatic rings. The molecule has 0 saturated carbocycles. The van der Waals surface area contributed by atoms with Gasteiger partial charge in [-0.05, 0) is 66.5 Å². The molecule has 29 heavy (non-hydrogen) atoms. The summed E-state index contributed by atoms with van der Waals surface area (Å²) in [6.45, 7) is 9.91. The van der Waals surface area contributed by atoms with Gasteiger partial charge >= 0.3 is 0 Å². The van der Waals surface area contributed by atoms with E-state index in [-0.39, 0.29) is 11.0 Å². The van der Waals surface area contributed by atoms with Crippen molar-refractivity contribution in [1.29, 1.82) is 0 Å². The van der Waals surface area contributed by atoms with Crippen molar-refractivity contribution in [1.82, 2.24) is 10.3 Å². The Morgan fingerprint density at radius 2 is 1.86 bits per heavy atom. The van der Waals surface area contributed by atoms with Crippen molar-refractivity contribution in [2.75, 3.05) is 5.32 Å². The first-order valence-corrected chi connectivity index (χ1v) is 10.2. The zero-order valence-corrected chi connectivity index (χ0v) is 18.3. The standard InChI is InChI=1S/C23H27N3O2S/c1-6-14(2)16-9-12-19-18(13-16)25-20(28-19)15-7-10-17(11-8-15)24-22(29)26-21(27)23(3,4)5/h7-14H,6H2,1-5H3,(H2,24,26,27,29)/t14-/m0/s1. The number of hydrogen-bond acceptors (Lipinski definition) is 4. The lowest BCUT2D eigenvalue weighted by molar-refractivity contribution is -0.126. The van der Waals surface area contributed by atoms with Crippen molar-refractivity contribution in [3.8, 4) is 11.5 Å². The third-order valence-corrected chi connectivity index (χ3v) is 5.10. The first-order valence-electron chi connectivity index (χ1n) is 9.80. The van der Waals surface area contributed by atoms with E-state index >= 15 is 0 Å². The predicted molar refractivity (Wildman–Crippen MR) is 122 cm³/mol. The minimum absolute atomic E-state index is 0.130. The maximum absolute atomic E-state index is 12.0. The lowest BCUT2D eigenvalue weighted by atomic mass is 9.96. The molecule has 0 bridgehead atoms. The molecule has 1 heterocycles. The van der Waals surface area contributed by atoms with Gasteiger partial charge in [-0.3, -0.25) is 4.79 Å². The van der Waals surface area contributed by atoms with E-state index in [0.29, 0.717) is 11.8 Å². The second-order valence-electron chi connectivity index (χ2n) is 8.29. The summed E-state index contributed by atoms with van der Waals surface area (Å²) in [6, 6.07) is 13.8. The summed E-state index contributed by atoms with van der Waals surface area (Å²) in [4.78, 5) is 16.7.